The van der Waals surface area contributed by atoms with E-state index in [1.807, 2.05) is 27.7 Å². The van der Waals surface area contributed by atoms with E-state index in [1.54, 1.807) is 0 Å². The van der Waals surface area contributed by atoms with Crippen LogP contribution in [0.25, 0.3) is 0 Å². The molecule has 0 spiro atoms. The van der Waals surface area contributed by atoms with Gasteiger partial charge < -0.3 is 20.4 Å². The lowest BCUT2D eigenvalue weighted by molar-refractivity contribution is -0.140. The van der Waals surface area contributed by atoms with Crippen LogP contribution < -0.4 is 5.32 Å². The Labute approximate surface area is 111 Å². The summed E-state index contributed by atoms with van der Waals surface area (Å²) < 4.78 is 0. The highest BCUT2D eigenvalue weighted by atomic mass is 16.4. The van der Waals surface area contributed by atoms with Gasteiger partial charge in [-0.15, -0.1) is 0 Å². The molecule has 108 valence electrons. The Balaban J connectivity index is 2.68. The highest BCUT2D eigenvalue weighted by Gasteiger charge is 2.65. The number of carbonyl (C=O) groups is 3. The number of carboxylic acids is 2. The molecule has 0 aliphatic heterocycles. The number of nitrogens with zero attached hydrogens (tertiary/aromatic N) is 1. The van der Waals surface area contributed by atoms with Crippen LogP contribution in [0.5, 0.6) is 0 Å². The Hall–Kier alpha value is -1.79. The van der Waals surface area contributed by atoms with E-state index in [4.69, 9.17) is 10.2 Å². The van der Waals surface area contributed by atoms with E-state index in [1.165, 1.54) is 0 Å². The fraction of sp³-hybridized carbons (Fsp3) is 0.750. The summed E-state index contributed by atoms with van der Waals surface area (Å²) in [5, 5.41) is 20.1. The fourth-order valence-corrected chi connectivity index (χ4v) is 2.30. The van der Waals surface area contributed by atoms with Crippen LogP contribution in [0.1, 0.15) is 27.7 Å². The quantitative estimate of drug-likeness (QED) is 0.679. The van der Waals surface area contributed by atoms with Gasteiger partial charge in [-0.25, -0.2) is 4.79 Å². The van der Waals surface area contributed by atoms with E-state index in [9.17, 15) is 14.4 Å². The number of aliphatic carboxylic acids is 2. The molecule has 0 aromatic rings. The number of hydrogen-bond acceptors (Lipinski definition) is 3. The van der Waals surface area contributed by atoms with Gasteiger partial charge in [0.2, 0.25) is 0 Å². The minimum atomic E-state index is -1.24. The molecule has 1 aliphatic rings. The van der Waals surface area contributed by atoms with Crippen LogP contribution in [-0.4, -0.2) is 52.2 Å². The van der Waals surface area contributed by atoms with E-state index in [0.29, 0.717) is 0 Å². The number of amides is 2. The second-order valence-corrected chi connectivity index (χ2v) is 5.97. The molecule has 0 radical (unpaired) electrons. The summed E-state index contributed by atoms with van der Waals surface area (Å²) in [4.78, 5) is 34.0. The van der Waals surface area contributed by atoms with Gasteiger partial charge in [0.1, 0.15) is 13.1 Å². The average molecular weight is 272 g/mol. The van der Waals surface area contributed by atoms with Crippen molar-refractivity contribution >= 4 is 18.0 Å². The van der Waals surface area contributed by atoms with Gasteiger partial charge in [0.15, 0.2) is 0 Å². The van der Waals surface area contributed by atoms with Gasteiger partial charge in [-0.05, 0) is 10.8 Å². The third kappa shape index (κ3) is 2.97. The van der Waals surface area contributed by atoms with Crippen molar-refractivity contribution in [2.24, 2.45) is 10.8 Å². The van der Waals surface area contributed by atoms with Gasteiger partial charge in [0.05, 0.1) is 0 Å². The molecular weight excluding hydrogens is 252 g/mol. The maximum atomic E-state index is 11.9. The Kier molecular flexibility index (Phi) is 3.79. The van der Waals surface area contributed by atoms with E-state index in [2.05, 4.69) is 5.32 Å². The van der Waals surface area contributed by atoms with E-state index in [-0.39, 0.29) is 16.9 Å². The molecule has 0 atom stereocenters. The number of carbonyl (C=O) groups excluding carboxylic acids is 1. The van der Waals surface area contributed by atoms with Crippen LogP contribution in [0.2, 0.25) is 0 Å². The first-order valence-corrected chi connectivity index (χ1v) is 5.99. The monoisotopic (exact) mass is 272 g/mol. The molecule has 7 heteroatoms. The van der Waals surface area contributed by atoms with Crippen LogP contribution in [0.4, 0.5) is 4.79 Å². The molecule has 0 aromatic carbocycles. The Morgan fingerprint density at radius 1 is 1.00 bits per heavy atom. The van der Waals surface area contributed by atoms with Crippen LogP contribution >= 0.6 is 0 Å². The Morgan fingerprint density at radius 2 is 1.37 bits per heavy atom. The van der Waals surface area contributed by atoms with Crippen molar-refractivity contribution < 1.29 is 24.6 Å². The van der Waals surface area contributed by atoms with Crippen molar-refractivity contribution in [3.63, 3.8) is 0 Å². The first kappa shape index (κ1) is 15.3. The summed E-state index contributed by atoms with van der Waals surface area (Å²) >= 11 is 0. The number of carboxylic acid groups (broad SMARTS) is 2. The maximum absolute atomic E-state index is 11.9. The zero-order valence-corrected chi connectivity index (χ0v) is 11.6. The number of hydrogen-bond donors (Lipinski definition) is 3. The largest absolute Gasteiger partial charge is 0.480 e. The van der Waals surface area contributed by atoms with Crippen LogP contribution in [-0.2, 0) is 9.59 Å². The Bertz CT molecular complexity index is 386. The van der Waals surface area contributed by atoms with Crippen molar-refractivity contribution in [1.29, 1.82) is 0 Å². The topological polar surface area (TPSA) is 107 Å². The second-order valence-electron chi connectivity index (χ2n) is 5.97. The normalized spacial score (nSPS) is 19.6. The third-order valence-electron chi connectivity index (χ3n) is 4.23. The number of urea groups is 1. The summed E-state index contributed by atoms with van der Waals surface area (Å²) in [5.41, 5.74) is -0.193. The molecule has 0 saturated heterocycles. The smallest absolute Gasteiger partial charge is 0.323 e. The van der Waals surface area contributed by atoms with Gasteiger partial charge in [0.25, 0.3) is 0 Å². The molecule has 3 N–H and O–H groups in total. The van der Waals surface area contributed by atoms with Gasteiger partial charge in [-0.1, -0.05) is 27.7 Å². The predicted molar refractivity (Wildman–Crippen MR) is 66.7 cm³/mol. The third-order valence-corrected chi connectivity index (χ3v) is 4.23. The van der Waals surface area contributed by atoms with Crippen LogP contribution in [0, 0.1) is 10.8 Å². The second kappa shape index (κ2) is 4.71. The van der Waals surface area contributed by atoms with Crippen molar-refractivity contribution in [3.8, 4) is 0 Å². The zero-order chi connectivity index (χ0) is 15.0. The molecular formula is C12H20N2O5. The highest BCUT2D eigenvalue weighted by molar-refractivity contribution is 5.84. The summed E-state index contributed by atoms with van der Waals surface area (Å²) in [6, 6.07) is -0.758. The molecule has 0 aromatic heterocycles. The maximum Gasteiger partial charge on any atom is 0.323 e. The lowest BCUT2D eigenvalue weighted by atomic mass is 10.0. The van der Waals surface area contributed by atoms with Crippen LogP contribution in [0.3, 0.4) is 0 Å². The number of rotatable bonds is 5. The minimum absolute atomic E-state index is 0.0965. The highest BCUT2D eigenvalue weighted by Crippen LogP contribution is 2.62. The zero-order valence-electron chi connectivity index (χ0n) is 11.6. The summed E-state index contributed by atoms with van der Waals surface area (Å²) in [6.45, 7) is 6.72. The van der Waals surface area contributed by atoms with E-state index >= 15 is 0 Å². The van der Waals surface area contributed by atoms with Gasteiger partial charge in [0, 0.05) is 6.04 Å². The van der Waals surface area contributed by atoms with E-state index in [0.717, 1.165) is 4.90 Å². The van der Waals surface area contributed by atoms with Gasteiger partial charge >= 0.3 is 18.0 Å². The summed E-state index contributed by atoms with van der Waals surface area (Å²) in [5.74, 6) is -2.49. The standard InChI is InChI=1S/C12H20N2O5/c1-11(2)9(12(11,3)4)13-10(19)14(5-7(15)16)6-8(17)18/h9H,5-6H2,1-4H3,(H,13,19)(H,15,16)(H,17,18). The number of nitrogens with one attached hydrogen (secondary N) is 1. The lowest BCUT2D eigenvalue weighted by Crippen LogP contribution is -2.47. The van der Waals surface area contributed by atoms with Crippen molar-refractivity contribution in [1.82, 2.24) is 10.2 Å². The Morgan fingerprint density at radius 3 is 1.63 bits per heavy atom. The fourth-order valence-electron chi connectivity index (χ4n) is 2.30. The molecule has 1 rings (SSSR count). The summed E-state index contributed by atoms with van der Waals surface area (Å²) in [6.07, 6.45) is 0. The van der Waals surface area contributed by atoms with Crippen LogP contribution in [0.15, 0.2) is 0 Å². The molecule has 19 heavy (non-hydrogen) atoms. The molecule has 2 amide bonds. The molecule has 1 fully saturated rings. The van der Waals surface area contributed by atoms with Crippen molar-refractivity contribution in [2.45, 2.75) is 33.7 Å². The molecule has 1 saturated carbocycles. The predicted octanol–water partition coefficient (Wildman–Crippen LogP) is 0.602. The molecule has 0 unspecified atom stereocenters. The molecule has 7 nitrogen and oxygen atoms in total. The minimum Gasteiger partial charge on any atom is -0.480 e. The van der Waals surface area contributed by atoms with E-state index < -0.39 is 31.1 Å². The first-order chi connectivity index (χ1) is 8.50. The van der Waals surface area contributed by atoms with Crippen molar-refractivity contribution in [2.75, 3.05) is 13.1 Å². The SMILES string of the molecule is CC1(C)C(NC(=O)N(CC(=O)O)CC(=O)O)C1(C)C. The van der Waals surface area contributed by atoms with Gasteiger partial charge in [-0.2, -0.15) is 0 Å². The van der Waals surface area contributed by atoms with Crippen molar-refractivity contribution in [3.05, 3.63) is 0 Å². The molecule has 0 bridgehead atoms. The first-order valence-electron chi connectivity index (χ1n) is 5.99. The lowest BCUT2D eigenvalue weighted by Gasteiger charge is -2.20. The van der Waals surface area contributed by atoms with Gasteiger partial charge in [-0.3, -0.25) is 9.59 Å². The average Bonchev–Trinajstić information content (AvgIpc) is 2.58. The summed E-state index contributed by atoms with van der Waals surface area (Å²) in [7, 11) is 0. The molecule has 0 heterocycles. The molecule has 1 aliphatic carbocycles.